The summed E-state index contributed by atoms with van der Waals surface area (Å²) in [5, 5.41) is 0. The lowest BCUT2D eigenvalue weighted by Gasteiger charge is -2.09. The summed E-state index contributed by atoms with van der Waals surface area (Å²) in [5.74, 6) is -0.161. The molecule has 0 saturated carbocycles. The molecule has 1 unspecified atom stereocenters. The molecule has 0 aromatic heterocycles. The van der Waals surface area contributed by atoms with Gasteiger partial charge in [-0.2, -0.15) is 0 Å². The first-order valence-electron chi connectivity index (χ1n) is 11.6. The van der Waals surface area contributed by atoms with Gasteiger partial charge < -0.3 is 9.47 Å². The molecule has 1 atom stereocenters. The lowest BCUT2D eigenvalue weighted by molar-refractivity contribution is -0.146. The molecule has 28 heavy (non-hydrogen) atoms. The highest BCUT2D eigenvalue weighted by atomic mass is 16.5. The zero-order valence-electron chi connectivity index (χ0n) is 18.7. The summed E-state index contributed by atoms with van der Waals surface area (Å²) in [6.45, 7) is 6.83. The van der Waals surface area contributed by atoms with Crippen LogP contribution in [-0.2, 0) is 19.1 Å². The molecule has 0 aromatic rings. The second kappa shape index (κ2) is 20.4. The summed E-state index contributed by atoms with van der Waals surface area (Å²) >= 11 is 0. The van der Waals surface area contributed by atoms with Crippen molar-refractivity contribution in [1.82, 2.24) is 0 Å². The molecule has 0 bridgehead atoms. The monoisotopic (exact) mass is 396 g/mol. The number of esters is 2. The number of carbonyl (C=O) groups is 2. The molecule has 4 heteroatoms. The van der Waals surface area contributed by atoms with E-state index in [2.05, 4.69) is 19.9 Å². The van der Waals surface area contributed by atoms with Crippen molar-refractivity contribution in [1.29, 1.82) is 0 Å². The minimum absolute atomic E-state index is 0.0582. The van der Waals surface area contributed by atoms with Crippen LogP contribution in [0.2, 0.25) is 0 Å². The summed E-state index contributed by atoms with van der Waals surface area (Å²) in [7, 11) is 0. The van der Waals surface area contributed by atoms with E-state index in [1.54, 1.807) is 0 Å². The Labute approximate surface area is 173 Å². The summed E-state index contributed by atoms with van der Waals surface area (Å²) in [6.07, 6.45) is 19.0. The lowest BCUT2D eigenvalue weighted by atomic mass is 10.1. The number of ether oxygens (including phenoxy) is 2. The molecule has 0 N–H and O–H groups in total. The maximum Gasteiger partial charge on any atom is 0.306 e. The molecule has 0 saturated heterocycles. The van der Waals surface area contributed by atoms with E-state index < -0.39 is 0 Å². The number of rotatable bonds is 19. The summed E-state index contributed by atoms with van der Waals surface area (Å²) < 4.78 is 10.6. The van der Waals surface area contributed by atoms with Gasteiger partial charge in [-0.1, -0.05) is 77.7 Å². The topological polar surface area (TPSA) is 52.6 Å². The highest BCUT2D eigenvalue weighted by Crippen LogP contribution is 2.10. The van der Waals surface area contributed by atoms with Crippen molar-refractivity contribution >= 4 is 11.9 Å². The molecule has 164 valence electrons. The molecular weight excluding hydrogens is 352 g/mol. The number of carbonyl (C=O) groups excluding carboxylic acids is 2. The molecule has 0 spiro atoms. The summed E-state index contributed by atoms with van der Waals surface area (Å²) in [4.78, 5) is 23.4. The molecule has 0 amide bonds. The van der Waals surface area contributed by atoms with Gasteiger partial charge in [-0.15, -0.1) is 0 Å². The molecule has 0 radical (unpaired) electrons. The van der Waals surface area contributed by atoms with Crippen molar-refractivity contribution < 1.29 is 19.1 Å². The van der Waals surface area contributed by atoms with Crippen LogP contribution in [0.15, 0.2) is 12.2 Å². The lowest BCUT2D eigenvalue weighted by Crippen LogP contribution is -2.12. The third-order valence-corrected chi connectivity index (χ3v) is 4.72. The second-order valence-corrected chi connectivity index (χ2v) is 7.67. The van der Waals surface area contributed by atoms with Crippen molar-refractivity contribution in [2.24, 2.45) is 0 Å². The van der Waals surface area contributed by atoms with Crippen LogP contribution in [0.5, 0.6) is 0 Å². The highest BCUT2D eigenvalue weighted by Gasteiger charge is 2.06. The Morgan fingerprint density at radius 2 is 1.32 bits per heavy atom. The van der Waals surface area contributed by atoms with E-state index in [4.69, 9.17) is 9.47 Å². The Morgan fingerprint density at radius 1 is 0.750 bits per heavy atom. The van der Waals surface area contributed by atoms with E-state index >= 15 is 0 Å². The van der Waals surface area contributed by atoms with Crippen LogP contribution in [0.1, 0.15) is 117 Å². The van der Waals surface area contributed by atoms with Gasteiger partial charge in [-0.05, 0) is 38.7 Å². The van der Waals surface area contributed by atoms with Gasteiger partial charge >= 0.3 is 11.9 Å². The Morgan fingerprint density at radius 3 is 1.96 bits per heavy atom. The summed E-state index contributed by atoms with van der Waals surface area (Å²) in [6, 6.07) is 0. The fraction of sp³-hybridized carbons (Fsp3) is 0.833. The highest BCUT2D eigenvalue weighted by molar-refractivity contribution is 5.69. The number of allylic oxidation sites excluding steroid dienone is 1. The van der Waals surface area contributed by atoms with Crippen molar-refractivity contribution in [2.45, 2.75) is 123 Å². The van der Waals surface area contributed by atoms with E-state index in [1.165, 1.54) is 25.7 Å². The Bertz CT molecular complexity index is 403. The van der Waals surface area contributed by atoms with E-state index in [-0.39, 0.29) is 18.0 Å². The normalized spacial score (nSPS) is 12.2. The molecule has 0 rings (SSSR count). The molecule has 0 aromatic carbocycles. The molecule has 0 aliphatic heterocycles. The van der Waals surface area contributed by atoms with Gasteiger partial charge in [0.1, 0.15) is 6.10 Å². The van der Waals surface area contributed by atoms with Crippen molar-refractivity contribution in [2.75, 3.05) is 6.61 Å². The first-order chi connectivity index (χ1) is 13.6. The molecule has 0 heterocycles. The van der Waals surface area contributed by atoms with Crippen LogP contribution in [0, 0.1) is 0 Å². The minimum Gasteiger partial charge on any atom is -0.466 e. The van der Waals surface area contributed by atoms with Gasteiger partial charge in [-0.25, -0.2) is 0 Å². The maximum atomic E-state index is 11.8. The van der Waals surface area contributed by atoms with Crippen LogP contribution in [0.4, 0.5) is 0 Å². The first-order valence-corrected chi connectivity index (χ1v) is 11.6. The van der Waals surface area contributed by atoms with Gasteiger partial charge in [0.25, 0.3) is 0 Å². The fourth-order valence-electron chi connectivity index (χ4n) is 2.95. The second-order valence-electron chi connectivity index (χ2n) is 7.67. The van der Waals surface area contributed by atoms with Crippen molar-refractivity contribution in [3.05, 3.63) is 12.2 Å². The van der Waals surface area contributed by atoms with Crippen molar-refractivity contribution in [3.8, 4) is 0 Å². The standard InChI is InChI=1S/C24H44O4/c1-4-6-8-14-18-22(3)28-24(26)20-16-13-11-10-12-15-19-23(25)27-21-17-9-7-5-2/h14,18,22H,4-13,15-17,19-21H2,1-3H3/b18-14+. The average molecular weight is 397 g/mol. The average Bonchev–Trinajstić information content (AvgIpc) is 2.67. The van der Waals surface area contributed by atoms with Crippen LogP contribution >= 0.6 is 0 Å². The number of hydrogen-bond donors (Lipinski definition) is 0. The molecule has 0 fully saturated rings. The predicted molar refractivity (Wildman–Crippen MR) is 116 cm³/mol. The molecular formula is C24H44O4. The molecule has 4 nitrogen and oxygen atoms in total. The molecule has 0 aliphatic rings. The SMILES string of the molecule is CCCC/C=C/C(C)OC(=O)CCCCCCCCC(=O)OCCCCCC. The van der Waals surface area contributed by atoms with E-state index in [1.807, 2.05) is 13.0 Å². The Balaban J connectivity index is 3.43. The Kier molecular flexibility index (Phi) is 19.5. The maximum absolute atomic E-state index is 11.8. The quantitative estimate of drug-likeness (QED) is 0.135. The van der Waals surface area contributed by atoms with E-state index in [0.717, 1.165) is 57.8 Å². The van der Waals surface area contributed by atoms with Gasteiger partial charge in [0.05, 0.1) is 6.61 Å². The zero-order valence-corrected chi connectivity index (χ0v) is 18.7. The van der Waals surface area contributed by atoms with E-state index in [0.29, 0.717) is 19.4 Å². The fourth-order valence-corrected chi connectivity index (χ4v) is 2.95. The number of unbranched alkanes of at least 4 members (excludes halogenated alkanes) is 10. The molecule has 0 aliphatic carbocycles. The van der Waals surface area contributed by atoms with Crippen LogP contribution in [0.25, 0.3) is 0 Å². The largest absolute Gasteiger partial charge is 0.466 e. The number of hydrogen-bond acceptors (Lipinski definition) is 4. The van der Waals surface area contributed by atoms with Crippen LogP contribution in [0.3, 0.4) is 0 Å². The minimum atomic E-state index is -0.129. The zero-order chi connectivity index (χ0) is 20.9. The van der Waals surface area contributed by atoms with Gasteiger partial charge in [-0.3, -0.25) is 9.59 Å². The van der Waals surface area contributed by atoms with E-state index in [9.17, 15) is 9.59 Å². The third-order valence-electron chi connectivity index (χ3n) is 4.72. The van der Waals surface area contributed by atoms with Crippen molar-refractivity contribution in [3.63, 3.8) is 0 Å². The van der Waals surface area contributed by atoms with Gasteiger partial charge in [0.2, 0.25) is 0 Å². The first kappa shape index (κ1) is 26.7. The van der Waals surface area contributed by atoms with Gasteiger partial charge in [0.15, 0.2) is 0 Å². The van der Waals surface area contributed by atoms with Crippen LogP contribution in [-0.4, -0.2) is 24.6 Å². The van der Waals surface area contributed by atoms with Gasteiger partial charge in [0, 0.05) is 12.8 Å². The van der Waals surface area contributed by atoms with Crippen LogP contribution < -0.4 is 0 Å². The Hall–Kier alpha value is -1.32. The predicted octanol–water partition coefficient (Wildman–Crippen LogP) is 6.91. The third kappa shape index (κ3) is 19.4. The smallest absolute Gasteiger partial charge is 0.306 e. The summed E-state index contributed by atoms with van der Waals surface area (Å²) in [5.41, 5.74) is 0.